The monoisotopic (exact) mass is 241 g/mol. The highest BCUT2D eigenvalue weighted by molar-refractivity contribution is 5.32. The minimum Gasteiger partial charge on any atom is -0.384 e. The van der Waals surface area contributed by atoms with E-state index in [1.807, 2.05) is 12.1 Å². The Bertz CT molecular complexity index is 523. The molecule has 0 saturated carbocycles. The highest BCUT2D eigenvalue weighted by Crippen LogP contribution is 2.12. The zero-order valence-electron chi connectivity index (χ0n) is 10.9. The number of nitrogens with two attached hydrogens (primary N) is 1. The molecule has 0 aliphatic heterocycles. The van der Waals surface area contributed by atoms with Crippen LogP contribution in [0.2, 0.25) is 0 Å². The first kappa shape index (κ1) is 12.6. The molecule has 1 heterocycles. The summed E-state index contributed by atoms with van der Waals surface area (Å²) in [5, 5.41) is 0. The zero-order chi connectivity index (χ0) is 13.0. The topological polar surface area (TPSA) is 42.2 Å². The number of hydrogen-bond donors (Lipinski definition) is 1. The lowest BCUT2D eigenvalue weighted by Gasteiger charge is -2.18. The van der Waals surface area contributed by atoms with Crippen molar-refractivity contribution >= 4 is 5.82 Å². The van der Waals surface area contributed by atoms with Crippen LogP contribution >= 0.6 is 0 Å². The first-order chi connectivity index (χ1) is 8.65. The fourth-order valence-corrected chi connectivity index (χ4v) is 2.04. The van der Waals surface area contributed by atoms with Gasteiger partial charge in [-0.25, -0.2) is 4.98 Å². The van der Waals surface area contributed by atoms with Crippen LogP contribution in [-0.4, -0.2) is 16.9 Å². The van der Waals surface area contributed by atoms with Crippen LogP contribution in [0, 0.1) is 6.92 Å². The average Bonchev–Trinajstić information content (AvgIpc) is 2.32. The maximum absolute atomic E-state index is 5.68. The van der Waals surface area contributed by atoms with Crippen molar-refractivity contribution in [3.05, 3.63) is 59.3 Å². The predicted octanol–water partition coefficient (Wildman–Crippen LogP) is 2.60. The minimum atomic E-state index is 0.580. The van der Waals surface area contributed by atoms with Gasteiger partial charge in [0.15, 0.2) is 0 Å². The van der Waals surface area contributed by atoms with Gasteiger partial charge in [-0.2, -0.15) is 0 Å². The number of nitrogens with zero attached hydrogens (tertiary/aromatic N) is 2. The van der Waals surface area contributed by atoms with Crippen molar-refractivity contribution in [3.63, 3.8) is 0 Å². The van der Waals surface area contributed by atoms with Crippen LogP contribution in [0.3, 0.4) is 0 Å². The van der Waals surface area contributed by atoms with Crippen LogP contribution in [-0.2, 0) is 13.1 Å². The molecule has 0 aliphatic carbocycles. The first-order valence-electron chi connectivity index (χ1n) is 6.08. The van der Waals surface area contributed by atoms with Crippen LogP contribution in [0.1, 0.15) is 16.7 Å². The molecule has 2 aromatic rings. The lowest BCUT2D eigenvalue weighted by molar-refractivity contribution is 0.318. The highest BCUT2D eigenvalue weighted by Gasteiger charge is 2.04. The molecule has 2 rings (SSSR count). The van der Waals surface area contributed by atoms with Gasteiger partial charge >= 0.3 is 0 Å². The minimum absolute atomic E-state index is 0.580. The summed E-state index contributed by atoms with van der Waals surface area (Å²) < 4.78 is 0. The van der Waals surface area contributed by atoms with E-state index in [1.165, 1.54) is 16.7 Å². The number of nitrogen functional groups attached to an aromatic ring is 1. The maximum Gasteiger partial charge on any atom is 0.123 e. The number of rotatable bonds is 4. The molecule has 0 bridgehead atoms. The van der Waals surface area contributed by atoms with E-state index in [1.54, 1.807) is 6.20 Å². The fraction of sp³-hybridized carbons (Fsp3) is 0.267. The van der Waals surface area contributed by atoms with Crippen LogP contribution in [0.25, 0.3) is 0 Å². The summed E-state index contributed by atoms with van der Waals surface area (Å²) in [6.07, 6.45) is 1.76. The quantitative estimate of drug-likeness (QED) is 0.894. The van der Waals surface area contributed by atoms with Crippen molar-refractivity contribution in [1.29, 1.82) is 0 Å². The van der Waals surface area contributed by atoms with E-state index in [-0.39, 0.29) is 0 Å². The van der Waals surface area contributed by atoms with Crippen molar-refractivity contribution in [2.24, 2.45) is 0 Å². The number of benzene rings is 1. The Balaban J connectivity index is 2.01. The van der Waals surface area contributed by atoms with Crippen molar-refractivity contribution in [2.75, 3.05) is 12.8 Å². The van der Waals surface area contributed by atoms with Gasteiger partial charge in [0.25, 0.3) is 0 Å². The predicted molar refractivity (Wildman–Crippen MR) is 75.0 cm³/mol. The van der Waals surface area contributed by atoms with Gasteiger partial charge in [-0.15, -0.1) is 0 Å². The van der Waals surface area contributed by atoms with Crippen LogP contribution in [0.15, 0.2) is 42.6 Å². The third kappa shape index (κ3) is 3.31. The molecule has 3 heteroatoms. The molecule has 0 atom stereocenters. The summed E-state index contributed by atoms with van der Waals surface area (Å²) in [6.45, 7) is 3.96. The van der Waals surface area contributed by atoms with E-state index < -0.39 is 0 Å². The van der Waals surface area contributed by atoms with Gasteiger partial charge < -0.3 is 5.73 Å². The van der Waals surface area contributed by atoms with E-state index in [9.17, 15) is 0 Å². The van der Waals surface area contributed by atoms with Gasteiger partial charge in [-0.3, -0.25) is 4.90 Å². The number of aryl methyl sites for hydroxylation is 1. The molecule has 2 N–H and O–H groups in total. The summed E-state index contributed by atoms with van der Waals surface area (Å²) in [7, 11) is 2.11. The van der Waals surface area contributed by atoms with Crippen LogP contribution in [0.5, 0.6) is 0 Å². The number of anilines is 1. The highest BCUT2D eigenvalue weighted by atomic mass is 15.1. The van der Waals surface area contributed by atoms with Crippen LogP contribution in [0.4, 0.5) is 5.82 Å². The van der Waals surface area contributed by atoms with E-state index in [0.717, 1.165) is 13.1 Å². The summed E-state index contributed by atoms with van der Waals surface area (Å²) in [5.41, 5.74) is 9.57. The molecule has 0 spiro atoms. The van der Waals surface area contributed by atoms with Crippen molar-refractivity contribution in [1.82, 2.24) is 9.88 Å². The van der Waals surface area contributed by atoms with Crippen molar-refractivity contribution < 1.29 is 0 Å². The molecule has 0 radical (unpaired) electrons. The second-order valence-corrected chi connectivity index (χ2v) is 4.69. The molecule has 1 aromatic carbocycles. The normalized spacial score (nSPS) is 10.8. The molecule has 94 valence electrons. The van der Waals surface area contributed by atoms with E-state index in [2.05, 4.69) is 48.1 Å². The fourth-order valence-electron chi connectivity index (χ4n) is 2.04. The van der Waals surface area contributed by atoms with Crippen molar-refractivity contribution in [3.8, 4) is 0 Å². The smallest absolute Gasteiger partial charge is 0.123 e. The molecular weight excluding hydrogens is 222 g/mol. The summed E-state index contributed by atoms with van der Waals surface area (Å²) in [4.78, 5) is 6.28. The lowest BCUT2D eigenvalue weighted by atomic mass is 10.1. The Labute approximate surface area is 108 Å². The van der Waals surface area contributed by atoms with Gasteiger partial charge in [0.2, 0.25) is 0 Å². The zero-order valence-corrected chi connectivity index (χ0v) is 10.9. The van der Waals surface area contributed by atoms with E-state index in [4.69, 9.17) is 5.73 Å². The van der Waals surface area contributed by atoms with Crippen molar-refractivity contribution in [2.45, 2.75) is 20.0 Å². The largest absolute Gasteiger partial charge is 0.384 e. The molecule has 3 nitrogen and oxygen atoms in total. The Hall–Kier alpha value is -1.87. The van der Waals surface area contributed by atoms with Gasteiger partial charge in [-0.05, 0) is 42.8 Å². The lowest BCUT2D eigenvalue weighted by Crippen LogP contribution is -2.18. The molecule has 0 unspecified atom stereocenters. The Morgan fingerprint density at radius 3 is 2.67 bits per heavy atom. The number of aromatic nitrogens is 1. The maximum atomic E-state index is 5.68. The van der Waals surface area contributed by atoms with E-state index in [0.29, 0.717) is 5.82 Å². The third-order valence-electron chi connectivity index (χ3n) is 3.00. The van der Waals surface area contributed by atoms with Gasteiger partial charge in [0.1, 0.15) is 5.82 Å². The number of hydrogen-bond acceptors (Lipinski definition) is 3. The SMILES string of the molecule is Cc1ccccc1CN(C)Cc1ccnc(N)c1. The molecule has 1 aromatic heterocycles. The molecule has 18 heavy (non-hydrogen) atoms. The first-order valence-corrected chi connectivity index (χ1v) is 6.08. The number of pyridine rings is 1. The van der Waals surface area contributed by atoms with Gasteiger partial charge in [0, 0.05) is 19.3 Å². The van der Waals surface area contributed by atoms with Gasteiger partial charge in [-0.1, -0.05) is 24.3 Å². The Kier molecular flexibility index (Phi) is 3.95. The summed E-state index contributed by atoms with van der Waals surface area (Å²) >= 11 is 0. The van der Waals surface area contributed by atoms with Crippen LogP contribution < -0.4 is 5.73 Å². The molecular formula is C15H19N3. The summed E-state index contributed by atoms with van der Waals surface area (Å²) in [6, 6.07) is 12.4. The van der Waals surface area contributed by atoms with E-state index >= 15 is 0 Å². The second kappa shape index (κ2) is 5.65. The molecule has 0 amide bonds. The average molecular weight is 241 g/mol. The Morgan fingerprint density at radius 1 is 1.17 bits per heavy atom. The third-order valence-corrected chi connectivity index (χ3v) is 3.00. The molecule has 0 saturated heterocycles. The molecule has 0 fully saturated rings. The standard InChI is InChI=1S/C15H19N3/c1-12-5-3-4-6-14(12)11-18(2)10-13-7-8-17-15(16)9-13/h3-9H,10-11H2,1-2H3,(H2,16,17). The Morgan fingerprint density at radius 2 is 1.94 bits per heavy atom. The van der Waals surface area contributed by atoms with Gasteiger partial charge in [0.05, 0.1) is 0 Å². The second-order valence-electron chi connectivity index (χ2n) is 4.69. The molecule has 0 aliphatic rings. The summed E-state index contributed by atoms with van der Waals surface area (Å²) in [5.74, 6) is 0.580.